The second-order valence-corrected chi connectivity index (χ2v) is 7.56. The van der Waals surface area contributed by atoms with Gasteiger partial charge < -0.3 is 4.90 Å². The molecule has 0 heterocycles. The number of amides is 1. The number of rotatable bonds is 6. The van der Waals surface area contributed by atoms with Crippen molar-refractivity contribution in [2.45, 2.75) is 43.6 Å². The van der Waals surface area contributed by atoms with Gasteiger partial charge in [0.05, 0.1) is 17.0 Å². The Morgan fingerprint density at radius 2 is 1.65 bits per heavy atom. The van der Waals surface area contributed by atoms with Crippen LogP contribution in [0.5, 0.6) is 0 Å². The summed E-state index contributed by atoms with van der Waals surface area (Å²) in [6.07, 6.45) is -8.40. The summed E-state index contributed by atoms with van der Waals surface area (Å²) < 4.78 is 77.7. The smallest absolute Gasteiger partial charge is 0.330 e. The van der Waals surface area contributed by atoms with E-state index in [0.717, 1.165) is 30.5 Å². The van der Waals surface area contributed by atoms with E-state index in [1.165, 1.54) is 12.1 Å². The maximum atomic E-state index is 13.0. The minimum absolute atomic E-state index is 0.165. The average Bonchev–Trinajstić information content (AvgIpc) is 3.51. The number of carbonyl (C=O) groups is 1. The van der Waals surface area contributed by atoms with Gasteiger partial charge in [-0.15, -0.1) is 0 Å². The summed E-state index contributed by atoms with van der Waals surface area (Å²) in [6, 6.07) is 13.0. The highest BCUT2D eigenvalue weighted by atomic mass is 19.4. The molecule has 1 aliphatic carbocycles. The van der Waals surface area contributed by atoms with E-state index in [0.29, 0.717) is 10.5 Å². The van der Waals surface area contributed by atoms with E-state index in [-0.39, 0.29) is 18.5 Å². The predicted molar refractivity (Wildman–Crippen MR) is 99.6 cm³/mol. The minimum atomic E-state index is -5.10. The molecule has 164 valence electrons. The van der Waals surface area contributed by atoms with Crippen LogP contribution in [0.25, 0.3) is 0 Å². The lowest BCUT2D eigenvalue weighted by Gasteiger charge is -2.24. The van der Waals surface area contributed by atoms with Crippen LogP contribution in [0.3, 0.4) is 0 Å². The highest BCUT2D eigenvalue weighted by Crippen LogP contribution is 2.47. The molecule has 0 aliphatic heterocycles. The third kappa shape index (κ3) is 5.37. The number of nitrogens with zero attached hydrogens (tertiary/aromatic N) is 2. The van der Waals surface area contributed by atoms with Gasteiger partial charge in [-0.05, 0) is 42.0 Å². The van der Waals surface area contributed by atoms with Gasteiger partial charge in [0.1, 0.15) is 0 Å². The van der Waals surface area contributed by atoms with Gasteiger partial charge in [0.15, 0.2) is 0 Å². The van der Waals surface area contributed by atoms with Gasteiger partial charge in [0.25, 0.3) is 0 Å². The molecule has 0 atom stereocenters. The number of carbonyl (C=O) groups excluding carboxylic acids is 1. The van der Waals surface area contributed by atoms with Crippen molar-refractivity contribution in [3.63, 3.8) is 0 Å². The van der Waals surface area contributed by atoms with Crippen LogP contribution in [0.15, 0.2) is 48.5 Å². The number of hydrogen-bond donors (Lipinski definition) is 0. The molecule has 2 aromatic rings. The zero-order chi connectivity index (χ0) is 22.9. The second kappa shape index (κ2) is 8.25. The van der Waals surface area contributed by atoms with E-state index < -0.39 is 35.8 Å². The fourth-order valence-electron chi connectivity index (χ4n) is 3.34. The van der Waals surface area contributed by atoms with Crippen molar-refractivity contribution < 1.29 is 31.1 Å². The summed E-state index contributed by atoms with van der Waals surface area (Å²) in [5.74, 6) is -2.06. The van der Waals surface area contributed by atoms with Crippen molar-refractivity contribution in [2.24, 2.45) is 0 Å². The first-order valence-corrected chi connectivity index (χ1v) is 9.47. The Morgan fingerprint density at radius 3 is 2.16 bits per heavy atom. The lowest BCUT2D eigenvalue weighted by atomic mass is 9.96. The number of alkyl halides is 6. The lowest BCUT2D eigenvalue weighted by molar-refractivity contribution is -0.186. The Labute approximate surface area is 174 Å². The molecule has 0 aromatic heterocycles. The molecular weight excluding hydrogens is 422 g/mol. The summed E-state index contributed by atoms with van der Waals surface area (Å²) in [5.41, 5.74) is -0.0603. The molecule has 3 nitrogen and oxygen atoms in total. The van der Waals surface area contributed by atoms with Crippen molar-refractivity contribution in [1.29, 1.82) is 5.26 Å². The quantitative estimate of drug-likeness (QED) is 0.565. The number of hydrogen-bond acceptors (Lipinski definition) is 2. The van der Waals surface area contributed by atoms with Gasteiger partial charge >= 0.3 is 18.3 Å². The van der Waals surface area contributed by atoms with E-state index in [1.54, 1.807) is 24.3 Å². The van der Waals surface area contributed by atoms with Crippen molar-refractivity contribution in [2.75, 3.05) is 6.54 Å². The molecule has 0 spiro atoms. The Balaban J connectivity index is 1.75. The van der Waals surface area contributed by atoms with Gasteiger partial charge in [-0.1, -0.05) is 42.5 Å². The lowest BCUT2D eigenvalue weighted by Crippen LogP contribution is -2.41. The maximum absolute atomic E-state index is 13.0. The first-order valence-electron chi connectivity index (χ1n) is 9.47. The first-order chi connectivity index (χ1) is 14.4. The molecule has 1 saturated carbocycles. The van der Waals surface area contributed by atoms with Crippen LogP contribution in [0.1, 0.15) is 35.1 Å². The molecule has 0 radical (unpaired) electrons. The third-order valence-electron chi connectivity index (χ3n) is 5.30. The topological polar surface area (TPSA) is 44.1 Å². The molecule has 0 unspecified atom stereocenters. The van der Waals surface area contributed by atoms with Crippen LogP contribution in [0, 0.1) is 11.3 Å². The molecule has 2 aromatic carbocycles. The molecule has 0 saturated heterocycles. The standard InChI is InChI=1S/C22H18F6N2O/c23-21(24,25)18-3-1-2-15(12-18)8-11-30(19(31)22(26,27)28)13-16-4-6-17(7-5-16)20(14-29)9-10-20/h1-7,12H,8-11,13H2. The van der Waals surface area contributed by atoms with Crippen LogP contribution in [-0.2, 0) is 29.4 Å². The molecule has 9 heteroatoms. The van der Waals surface area contributed by atoms with E-state index in [4.69, 9.17) is 0 Å². The maximum Gasteiger partial charge on any atom is 0.471 e. The molecule has 3 rings (SSSR count). The highest BCUT2D eigenvalue weighted by molar-refractivity contribution is 5.81. The number of benzene rings is 2. The second-order valence-electron chi connectivity index (χ2n) is 7.56. The largest absolute Gasteiger partial charge is 0.471 e. The molecule has 1 fully saturated rings. The first kappa shape index (κ1) is 22.7. The van der Waals surface area contributed by atoms with E-state index in [1.807, 2.05) is 0 Å². The summed E-state index contributed by atoms with van der Waals surface area (Å²) in [5, 5.41) is 9.24. The summed E-state index contributed by atoms with van der Waals surface area (Å²) >= 11 is 0. The zero-order valence-corrected chi connectivity index (χ0v) is 16.2. The van der Waals surface area contributed by atoms with Crippen LogP contribution < -0.4 is 0 Å². The molecular formula is C22H18F6N2O. The predicted octanol–water partition coefficient (Wildman–Crippen LogP) is 5.39. The van der Waals surface area contributed by atoms with Gasteiger partial charge in [0, 0.05) is 13.1 Å². The van der Waals surface area contributed by atoms with Crippen molar-refractivity contribution in [3.05, 3.63) is 70.8 Å². The Morgan fingerprint density at radius 1 is 1.00 bits per heavy atom. The summed E-state index contributed by atoms with van der Waals surface area (Å²) in [6.45, 7) is -0.749. The minimum Gasteiger partial charge on any atom is -0.330 e. The SMILES string of the molecule is N#CC1(c2ccc(CN(CCc3cccc(C(F)(F)F)c3)C(=O)C(F)(F)F)cc2)CC1. The van der Waals surface area contributed by atoms with Crippen LogP contribution in [-0.4, -0.2) is 23.5 Å². The third-order valence-corrected chi connectivity index (χ3v) is 5.30. The molecule has 0 bridgehead atoms. The fraction of sp³-hybridized carbons (Fsp3) is 0.364. The molecule has 0 N–H and O–H groups in total. The average molecular weight is 440 g/mol. The molecule has 31 heavy (non-hydrogen) atoms. The summed E-state index contributed by atoms with van der Waals surface area (Å²) in [7, 11) is 0. The number of halogens is 6. The van der Waals surface area contributed by atoms with E-state index in [9.17, 15) is 36.4 Å². The van der Waals surface area contributed by atoms with Gasteiger partial charge in [-0.25, -0.2) is 0 Å². The fourth-order valence-corrected chi connectivity index (χ4v) is 3.34. The monoisotopic (exact) mass is 440 g/mol. The normalized spacial score (nSPS) is 15.3. The van der Waals surface area contributed by atoms with Crippen molar-refractivity contribution in [1.82, 2.24) is 4.90 Å². The van der Waals surface area contributed by atoms with Gasteiger partial charge in [0.2, 0.25) is 0 Å². The van der Waals surface area contributed by atoms with Crippen LogP contribution in [0.2, 0.25) is 0 Å². The Bertz CT molecular complexity index is 985. The van der Waals surface area contributed by atoms with Crippen molar-refractivity contribution in [3.8, 4) is 6.07 Å². The van der Waals surface area contributed by atoms with E-state index >= 15 is 0 Å². The Kier molecular flexibility index (Phi) is 6.03. The van der Waals surface area contributed by atoms with Crippen molar-refractivity contribution >= 4 is 5.91 Å². The van der Waals surface area contributed by atoms with E-state index in [2.05, 4.69) is 6.07 Å². The van der Waals surface area contributed by atoms with Crippen LogP contribution >= 0.6 is 0 Å². The molecule has 1 amide bonds. The Hall–Kier alpha value is -3.02. The highest BCUT2D eigenvalue weighted by Gasteiger charge is 2.45. The number of nitriles is 1. The molecule has 1 aliphatic rings. The van der Waals surface area contributed by atoms with Crippen LogP contribution in [0.4, 0.5) is 26.3 Å². The van der Waals surface area contributed by atoms with Gasteiger partial charge in [-0.3, -0.25) is 4.79 Å². The van der Waals surface area contributed by atoms with Gasteiger partial charge in [-0.2, -0.15) is 31.6 Å². The zero-order valence-electron chi connectivity index (χ0n) is 16.2. The summed E-state index contributed by atoms with van der Waals surface area (Å²) in [4.78, 5) is 12.5.